The molecule has 0 radical (unpaired) electrons. The Kier molecular flexibility index (Phi) is 4.57. The zero-order chi connectivity index (χ0) is 16.9. The summed E-state index contributed by atoms with van der Waals surface area (Å²) in [5.41, 5.74) is 6.99. The van der Waals surface area contributed by atoms with E-state index in [0.29, 0.717) is 0 Å². The lowest BCUT2D eigenvalue weighted by Crippen LogP contribution is -1.87. The van der Waals surface area contributed by atoms with Crippen LogP contribution in [0, 0.1) is 0 Å². The Hall–Kier alpha value is -2.91. The number of thiophene rings is 1. The second-order valence-corrected chi connectivity index (χ2v) is 6.67. The molecule has 2 nitrogen and oxygen atoms in total. The van der Waals surface area contributed by atoms with Gasteiger partial charge in [-0.3, -0.25) is 5.10 Å². The van der Waals surface area contributed by atoms with Gasteiger partial charge in [0.25, 0.3) is 0 Å². The summed E-state index contributed by atoms with van der Waals surface area (Å²) in [4.78, 5) is 0. The molecule has 0 saturated heterocycles. The van der Waals surface area contributed by atoms with Gasteiger partial charge in [-0.05, 0) is 28.1 Å². The van der Waals surface area contributed by atoms with Gasteiger partial charge in [-0.1, -0.05) is 72.8 Å². The molecule has 0 unspecified atom stereocenters. The van der Waals surface area contributed by atoms with Crippen LogP contribution < -0.4 is 0 Å². The fraction of sp³-hybridized carbons (Fsp3) is 0.0455. The molecule has 0 atom stereocenters. The SMILES string of the molecule is C(=C\c1cscc1-c1cc(Cc2ccccc2)[nH]n1)/c1ccccc1. The molecule has 2 heterocycles. The summed E-state index contributed by atoms with van der Waals surface area (Å²) in [6.07, 6.45) is 5.17. The maximum atomic E-state index is 4.52. The highest BCUT2D eigenvalue weighted by atomic mass is 32.1. The zero-order valence-electron chi connectivity index (χ0n) is 13.7. The fourth-order valence-corrected chi connectivity index (χ4v) is 3.61. The number of benzene rings is 2. The summed E-state index contributed by atoms with van der Waals surface area (Å²) in [5.74, 6) is 0. The highest BCUT2D eigenvalue weighted by molar-refractivity contribution is 7.08. The molecule has 1 N–H and O–H groups in total. The van der Waals surface area contributed by atoms with Gasteiger partial charge in [0.15, 0.2) is 0 Å². The van der Waals surface area contributed by atoms with Crippen LogP contribution in [0.15, 0.2) is 77.5 Å². The second kappa shape index (κ2) is 7.32. The van der Waals surface area contributed by atoms with Gasteiger partial charge in [0.2, 0.25) is 0 Å². The van der Waals surface area contributed by atoms with Crippen LogP contribution in [0.2, 0.25) is 0 Å². The van der Waals surface area contributed by atoms with Crippen molar-refractivity contribution in [3.63, 3.8) is 0 Å². The molecule has 4 aromatic rings. The maximum absolute atomic E-state index is 4.52. The summed E-state index contributed by atoms with van der Waals surface area (Å²) in [7, 11) is 0. The van der Waals surface area contributed by atoms with Crippen LogP contribution in [-0.2, 0) is 6.42 Å². The van der Waals surface area contributed by atoms with Crippen molar-refractivity contribution in [2.24, 2.45) is 0 Å². The smallest absolute Gasteiger partial charge is 0.0938 e. The van der Waals surface area contributed by atoms with Crippen molar-refractivity contribution >= 4 is 23.5 Å². The Bertz CT molecular complexity index is 965. The molecule has 122 valence electrons. The highest BCUT2D eigenvalue weighted by Crippen LogP contribution is 2.28. The van der Waals surface area contributed by atoms with E-state index in [0.717, 1.165) is 17.8 Å². The summed E-state index contributed by atoms with van der Waals surface area (Å²) < 4.78 is 0. The molecular weight excluding hydrogens is 324 g/mol. The predicted octanol–water partition coefficient (Wildman–Crippen LogP) is 5.90. The van der Waals surface area contributed by atoms with E-state index in [4.69, 9.17) is 0 Å². The van der Waals surface area contributed by atoms with E-state index in [1.807, 2.05) is 12.1 Å². The van der Waals surface area contributed by atoms with Crippen molar-refractivity contribution in [2.75, 3.05) is 0 Å². The van der Waals surface area contributed by atoms with Gasteiger partial charge in [-0.25, -0.2) is 0 Å². The largest absolute Gasteiger partial charge is 0.282 e. The molecule has 3 heteroatoms. The van der Waals surface area contributed by atoms with E-state index in [2.05, 4.69) is 87.7 Å². The molecule has 0 aliphatic heterocycles. The number of H-pyrrole nitrogens is 1. The standard InChI is InChI=1S/C22H18N2S/c1-3-7-17(8-4-1)11-12-19-15-25-16-21(19)22-14-20(23-24-22)13-18-9-5-2-6-10-18/h1-12,14-16H,13H2,(H,23,24)/b12-11+. The first-order chi connectivity index (χ1) is 12.4. The first kappa shape index (κ1) is 15.6. The number of hydrogen-bond donors (Lipinski definition) is 1. The van der Waals surface area contributed by atoms with Gasteiger partial charge >= 0.3 is 0 Å². The van der Waals surface area contributed by atoms with Crippen LogP contribution in [0.1, 0.15) is 22.4 Å². The lowest BCUT2D eigenvalue weighted by atomic mass is 10.1. The third-order valence-corrected chi connectivity index (χ3v) is 4.85. The van der Waals surface area contributed by atoms with Crippen LogP contribution >= 0.6 is 11.3 Å². The van der Waals surface area contributed by atoms with Crippen molar-refractivity contribution in [1.82, 2.24) is 10.2 Å². The molecule has 0 fully saturated rings. The van der Waals surface area contributed by atoms with Crippen molar-refractivity contribution in [3.05, 3.63) is 99.9 Å². The minimum Gasteiger partial charge on any atom is -0.282 e. The molecule has 0 aliphatic carbocycles. The molecule has 0 amide bonds. The van der Waals surface area contributed by atoms with Gasteiger partial charge in [0.1, 0.15) is 0 Å². The van der Waals surface area contributed by atoms with Crippen LogP contribution in [0.4, 0.5) is 0 Å². The van der Waals surface area contributed by atoms with Crippen LogP contribution in [0.3, 0.4) is 0 Å². The molecule has 0 aliphatic rings. The third kappa shape index (κ3) is 3.78. The van der Waals surface area contributed by atoms with E-state index in [9.17, 15) is 0 Å². The van der Waals surface area contributed by atoms with Crippen LogP contribution in [-0.4, -0.2) is 10.2 Å². The first-order valence-electron chi connectivity index (χ1n) is 8.26. The number of hydrogen-bond acceptors (Lipinski definition) is 2. The molecule has 25 heavy (non-hydrogen) atoms. The van der Waals surface area contributed by atoms with Crippen LogP contribution in [0.25, 0.3) is 23.4 Å². The Balaban J connectivity index is 1.55. The first-order valence-corrected chi connectivity index (χ1v) is 9.21. The Labute approximate surface area is 151 Å². The molecule has 0 saturated carbocycles. The van der Waals surface area contributed by atoms with Crippen molar-refractivity contribution < 1.29 is 0 Å². The zero-order valence-corrected chi connectivity index (χ0v) is 14.5. The number of aromatic nitrogens is 2. The molecule has 4 rings (SSSR count). The number of nitrogens with one attached hydrogen (secondary N) is 1. The Morgan fingerprint density at radius 2 is 1.64 bits per heavy atom. The Morgan fingerprint density at radius 1 is 0.880 bits per heavy atom. The fourth-order valence-electron chi connectivity index (χ4n) is 2.80. The average Bonchev–Trinajstić information content (AvgIpc) is 3.31. The second-order valence-electron chi connectivity index (χ2n) is 5.93. The number of nitrogens with zero attached hydrogens (tertiary/aromatic N) is 1. The van der Waals surface area contributed by atoms with Crippen molar-refractivity contribution in [2.45, 2.75) is 6.42 Å². The summed E-state index contributed by atoms with van der Waals surface area (Å²) in [5, 5.41) is 12.0. The monoisotopic (exact) mass is 342 g/mol. The van der Waals surface area contributed by atoms with Gasteiger partial charge in [-0.15, -0.1) is 0 Å². The van der Waals surface area contributed by atoms with E-state index >= 15 is 0 Å². The maximum Gasteiger partial charge on any atom is 0.0938 e. The third-order valence-electron chi connectivity index (χ3n) is 4.09. The summed E-state index contributed by atoms with van der Waals surface area (Å²) in [6, 6.07) is 23.0. The molecule has 0 spiro atoms. The quantitative estimate of drug-likeness (QED) is 0.480. The molecule has 2 aromatic heterocycles. The molecule has 2 aromatic carbocycles. The van der Waals surface area contributed by atoms with E-state index < -0.39 is 0 Å². The Morgan fingerprint density at radius 3 is 2.44 bits per heavy atom. The van der Waals surface area contributed by atoms with E-state index in [1.54, 1.807) is 11.3 Å². The lowest BCUT2D eigenvalue weighted by Gasteiger charge is -1.97. The number of aromatic amines is 1. The molecular formula is C22H18N2S. The summed E-state index contributed by atoms with van der Waals surface area (Å²) >= 11 is 1.70. The lowest BCUT2D eigenvalue weighted by molar-refractivity contribution is 0.999. The van der Waals surface area contributed by atoms with Crippen LogP contribution in [0.5, 0.6) is 0 Å². The minimum absolute atomic E-state index is 0.868. The van der Waals surface area contributed by atoms with Crippen molar-refractivity contribution in [3.8, 4) is 11.3 Å². The summed E-state index contributed by atoms with van der Waals surface area (Å²) in [6.45, 7) is 0. The molecule has 0 bridgehead atoms. The number of rotatable bonds is 5. The highest BCUT2D eigenvalue weighted by Gasteiger charge is 2.09. The van der Waals surface area contributed by atoms with Gasteiger partial charge in [0, 0.05) is 23.1 Å². The minimum atomic E-state index is 0.868. The van der Waals surface area contributed by atoms with Gasteiger partial charge in [0.05, 0.1) is 5.69 Å². The van der Waals surface area contributed by atoms with E-state index in [1.165, 1.54) is 22.3 Å². The van der Waals surface area contributed by atoms with Gasteiger partial charge in [-0.2, -0.15) is 16.4 Å². The predicted molar refractivity (Wildman–Crippen MR) is 107 cm³/mol. The normalized spacial score (nSPS) is 11.2. The van der Waals surface area contributed by atoms with Crippen molar-refractivity contribution in [1.29, 1.82) is 0 Å². The average molecular weight is 342 g/mol. The topological polar surface area (TPSA) is 28.7 Å². The van der Waals surface area contributed by atoms with E-state index in [-0.39, 0.29) is 0 Å². The van der Waals surface area contributed by atoms with Gasteiger partial charge < -0.3 is 0 Å².